The van der Waals surface area contributed by atoms with Crippen LogP contribution in [-0.2, 0) is 20.8 Å². The number of thioether (sulfide) groups is 1. The molecule has 3 aromatic rings. The third-order valence-corrected chi connectivity index (χ3v) is 6.04. The molecule has 0 fully saturated rings. The predicted molar refractivity (Wildman–Crippen MR) is 139 cm³/mol. The number of carbonyl (C=O) groups is 3. The molecule has 0 aliphatic carbocycles. The zero-order valence-electron chi connectivity index (χ0n) is 20.9. The van der Waals surface area contributed by atoms with Crippen LogP contribution in [0.1, 0.15) is 44.5 Å². The lowest BCUT2D eigenvalue weighted by atomic mass is 10.1. The van der Waals surface area contributed by atoms with E-state index in [4.69, 9.17) is 9.47 Å². The summed E-state index contributed by atoms with van der Waals surface area (Å²) in [7, 11) is 0. The molecular formula is C26H31N3O6S. The first-order valence-corrected chi connectivity index (χ1v) is 12.7. The van der Waals surface area contributed by atoms with Crippen molar-refractivity contribution in [2.75, 3.05) is 23.8 Å². The molecule has 0 atom stereocenters. The second-order valence-electron chi connectivity index (χ2n) is 8.93. The fourth-order valence-corrected chi connectivity index (χ4v) is 4.49. The van der Waals surface area contributed by atoms with Crippen LogP contribution in [0.25, 0.3) is 11.0 Å². The van der Waals surface area contributed by atoms with Gasteiger partial charge in [0, 0.05) is 12.3 Å². The minimum atomic E-state index is -0.952. The topological polar surface area (TPSA) is 111 Å². The zero-order valence-corrected chi connectivity index (χ0v) is 21.7. The molecule has 1 amide bonds. The lowest BCUT2D eigenvalue weighted by Gasteiger charge is -2.28. The van der Waals surface area contributed by atoms with Crippen LogP contribution in [0.3, 0.4) is 0 Å². The highest BCUT2D eigenvalue weighted by atomic mass is 32.2. The lowest BCUT2D eigenvalue weighted by Crippen LogP contribution is -2.38. The van der Waals surface area contributed by atoms with E-state index in [9.17, 15) is 19.5 Å². The van der Waals surface area contributed by atoms with E-state index < -0.39 is 23.6 Å². The standard InChI is InChI=1S/C26H31N3O6S/c1-5-34-23(32)18-11-6-8-13-20(18)28(25(33)35-26(2,3)4)15-10-16-36-24-27-19-12-7-9-14-21(19)29(24)17-22(30)31/h6-9,11-14H,5,10,15-17H2,1-4H3,(H,30,31). The minimum absolute atomic E-state index is 0.195. The van der Waals surface area contributed by atoms with Gasteiger partial charge in [-0.3, -0.25) is 9.69 Å². The summed E-state index contributed by atoms with van der Waals surface area (Å²) in [5.41, 5.74) is 1.44. The summed E-state index contributed by atoms with van der Waals surface area (Å²) >= 11 is 1.41. The first-order chi connectivity index (χ1) is 17.1. The molecule has 0 spiro atoms. The average Bonchev–Trinajstić information content (AvgIpc) is 3.15. The number of benzene rings is 2. The first-order valence-electron chi connectivity index (χ1n) is 11.7. The van der Waals surface area contributed by atoms with Gasteiger partial charge in [-0.05, 0) is 58.4 Å². The van der Waals surface area contributed by atoms with E-state index >= 15 is 0 Å². The summed E-state index contributed by atoms with van der Waals surface area (Å²) < 4.78 is 12.5. The van der Waals surface area contributed by atoms with E-state index in [1.165, 1.54) is 16.7 Å². The number of carbonyl (C=O) groups excluding carboxylic acids is 2. The van der Waals surface area contributed by atoms with E-state index in [2.05, 4.69) is 4.98 Å². The number of para-hydroxylation sites is 3. The molecule has 0 aliphatic heterocycles. The maximum absolute atomic E-state index is 13.1. The molecular weight excluding hydrogens is 482 g/mol. The van der Waals surface area contributed by atoms with Gasteiger partial charge in [0.1, 0.15) is 12.1 Å². The molecule has 9 nitrogen and oxygen atoms in total. The SMILES string of the molecule is CCOC(=O)c1ccccc1N(CCCSc1nc2ccccc2n1CC(=O)O)C(=O)OC(C)(C)C. The van der Waals surface area contributed by atoms with Gasteiger partial charge >= 0.3 is 18.0 Å². The Morgan fingerprint density at radius 1 is 1.08 bits per heavy atom. The van der Waals surface area contributed by atoms with Crippen molar-refractivity contribution in [2.45, 2.75) is 51.4 Å². The molecule has 3 rings (SSSR count). The Morgan fingerprint density at radius 2 is 1.78 bits per heavy atom. The molecule has 1 heterocycles. The maximum atomic E-state index is 13.1. The lowest BCUT2D eigenvalue weighted by molar-refractivity contribution is -0.137. The first kappa shape index (κ1) is 27.1. The van der Waals surface area contributed by atoms with Gasteiger partial charge < -0.3 is 19.1 Å². The van der Waals surface area contributed by atoms with Crippen LogP contribution >= 0.6 is 11.8 Å². The Labute approximate surface area is 214 Å². The highest BCUT2D eigenvalue weighted by molar-refractivity contribution is 7.99. The van der Waals surface area contributed by atoms with Gasteiger partial charge in [0.2, 0.25) is 0 Å². The summed E-state index contributed by atoms with van der Waals surface area (Å²) in [5, 5.41) is 9.94. The van der Waals surface area contributed by atoms with Gasteiger partial charge in [-0.15, -0.1) is 0 Å². The van der Waals surface area contributed by atoms with E-state index in [-0.39, 0.29) is 25.3 Å². The van der Waals surface area contributed by atoms with Crippen molar-refractivity contribution in [2.24, 2.45) is 0 Å². The Hall–Kier alpha value is -3.53. The van der Waals surface area contributed by atoms with Crippen molar-refractivity contribution in [1.29, 1.82) is 0 Å². The number of rotatable bonds is 10. The van der Waals surface area contributed by atoms with Crippen molar-refractivity contribution in [3.8, 4) is 0 Å². The number of amides is 1. The number of imidazole rings is 1. The summed E-state index contributed by atoms with van der Waals surface area (Å²) in [6, 6.07) is 14.2. The summed E-state index contributed by atoms with van der Waals surface area (Å²) in [6.07, 6.45) is -0.0282. The Bertz CT molecular complexity index is 1230. The van der Waals surface area contributed by atoms with Crippen molar-refractivity contribution in [1.82, 2.24) is 9.55 Å². The zero-order chi connectivity index (χ0) is 26.3. The quantitative estimate of drug-likeness (QED) is 0.223. The normalized spacial score (nSPS) is 11.3. The van der Waals surface area contributed by atoms with Gasteiger partial charge in [0.25, 0.3) is 0 Å². The van der Waals surface area contributed by atoms with Crippen LogP contribution < -0.4 is 4.90 Å². The minimum Gasteiger partial charge on any atom is -0.480 e. The van der Waals surface area contributed by atoms with Gasteiger partial charge in [-0.25, -0.2) is 14.6 Å². The molecule has 0 bridgehead atoms. The summed E-state index contributed by atoms with van der Waals surface area (Å²) in [5.74, 6) is -0.908. The Kier molecular flexibility index (Phi) is 8.98. The van der Waals surface area contributed by atoms with Crippen LogP contribution in [0.15, 0.2) is 53.7 Å². The number of esters is 1. The number of hydrogen-bond acceptors (Lipinski definition) is 7. The summed E-state index contributed by atoms with van der Waals surface area (Å²) in [4.78, 5) is 43.1. The van der Waals surface area contributed by atoms with Gasteiger partial charge in [0.05, 0.1) is 28.9 Å². The van der Waals surface area contributed by atoms with Crippen molar-refractivity contribution in [3.05, 3.63) is 54.1 Å². The monoisotopic (exact) mass is 513 g/mol. The van der Waals surface area contributed by atoms with Crippen molar-refractivity contribution < 1.29 is 29.0 Å². The van der Waals surface area contributed by atoms with E-state index in [1.54, 1.807) is 56.5 Å². The fraction of sp³-hybridized carbons (Fsp3) is 0.385. The number of ether oxygens (including phenoxy) is 2. The maximum Gasteiger partial charge on any atom is 0.414 e. The number of aromatic nitrogens is 2. The molecule has 2 aromatic carbocycles. The van der Waals surface area contributed by atoms with E-state index in [1.807, 2.05) is 24.3 Å². The van der Waals surface area contributed by atoms with Crippen LogP contribution in [0, 0.1) is 0 Å². The predicted octanol–water partition coefficient (Wildman–Crippen LogP) is 5.22. The van der Waals surface area contributed by atoms with Gasteiger partial charge in [0.15, 0.2) is 5.16 Å². The molecule has 0 radical (unpaired) electrons. The fourth-order valence-electron chi connectivity index (χ4n) is 3.56. The number of aliphatic carboxylic acids is 1. The third-order valence-electron chi connectivity index (χ3n) is 4.97. The number of hydrogen-bond donors (Lipinski definition) is 1. The van der Waals surface area contributed by atoms with E-state index in [0.717, 1.165) is 11.0 Å². The number of anilines is 1. The van der Waals surface area contributed by atoms with Crippen molar-refractivity contribution in [3.63, 3.8) is 0 Å². The average molecular weight is 514 g/mol. The largest absolute Gasteiger partial charge is 0.480 e. The molecule has 10 heteroatoms. The van der Waals surface area contributed by atoms with Gasteiger partial charge in [-0.1, -0.05) is 36.0 Å². The van der Waals surface area contributed by atoms with Crippen LogP contribution in [0.4, 0.5) is 10.5 Å². The number of carboxylic acid groups (broad SMARTS) is 1. The molecule has 0 unspecified atom stereocenters. The van der Waals surface area contributed by atoms with Crippen molar-refractivity contribution >= 4 is 46.5 Å². The van der Waals surface area contributed by atoms with E-state index in [0.29, 0.717) is 23.0 Å². The smallest absolute Gasteiger partial charge is 0.414 e. The second kappa shape index (κ2) is 11.9. The highest BCUT2D eigenvalue weighted by Gasteiger charge is 2.27. The van der Waals surface area contributed by atoms with Crippen LogP contribution in [0.2, 0.25) is 0 Å². The number of carboxylic acids is 1. The Morgan fingerprint density at radius 3 is 2.47 bits per heavy atom. The third kappa shape index (κ3) is 7.00. The molecule has 0 saturated heterocycles. The number of fused-ring (bicyclic) bond motifs is 1. The highest BCUT2D eigenvalue weighted by Crippen LogP contribution is 2.27. The van der Waals surface area contributed by atoms with Gasteiger partial charge in [-0.2, -0.15) is 0 Å². The molecule has 0 aliphatic rings. The molecule has 192 valence electrons. The molecule has 0 saturated carbocycles. The van der Waals surface area contributed by atoms with Crippen LogP contribution in [-0.4, -0.2) is 57.2 Å². The Balaban J connectivity index is 1.79. The second-order valence-corrected chi connectivity index (χ2v) is 10.00. The molecule has 1 aromatic heterocycles. The number of nitrogens with zero attached hydrogens (tertiary/aromatic N) is 3. The molecule has 1 N–H and O–H groups in total. The van der Waals surface area contributed by atoms with Crippen LogP contribution in [0.5, 0.6) is 0 Å². The molecule has 36 heavy (non-hydrogen) atoms. The summed E-state index contributed by atoms with van der Waals surface area (Å²) in [6.45, 7) is 7.36.